The highest BCUT2D eigenvalue weighted by Gasteiger charge is 2.25. The maximum atomic E-state index is 11.7. The zero-order chi connectivity index (χ0) is 14.5. The Morgan fingerprint density at radius 2 is 1.95 bits per heavy atom. The van der Waals surface area contributed by atoms with Gasteiger partial charge >= 0.3 is 11.8 Å². The molecule has 7 heteroatoms. The molecule has 0 atom stereocenters. The van der Waals surface area contributed by atoms with Crippen molar-refractivity contribution >= 4 is 17.5 Å². The summed E-state index contributed by atoms with van der Waals surface area (Å²) < 4.78 is 5.19. The van der Waals surface area contributed by atoms with E-state index in [9.17, 15) is 9.59 Å². The maximum Gasteiger partial charge on any atom is 0.323 e. The normalized spacial score (nSPS) is 14.9. The van der Waals surface area contributed by atoms with Crippen LogP contribution in [-0.2, 0) is 9.59 Å². The van der Waals surface area contributed by atoms with Crippen LogP contribution in [-0.4, -0.2) is 50.0 Å². The van der Waals surface area contributed by atoms with Crippen molar-refractivity contribution < 1.29 is 14.3 Å². The summed E-state index contributed by atoms with van der Waals surface area (Å²) in [7, 11) is 1.63. The number of carbonyl (C=O) groups is 2. The number of ether oxygens (including phenoxy) is 1. The van der Waals surface area contributed by atoms with Crippen molar-refractivity contribution in [3.05, 3.63) is 24.3 Å². The van der Waals surface area contributed by atoms with Gasteiger partial charge in [0.1, 0.15) is 5.75 Å². The number of amides is 2. The molecule has 0 bridgehead atoms. The number of hydrazine groups is 1. The minimum atomic E-state index is -0.778. The average molecular weight is 278 g/mol. The average Bonchev–Trinajstić information content (AvgIpc) is 2.53. The first-order chi connectivity index (χ1) is 9.65. The molecule has 0 aromatic heterocycles. The molecule has 2 amide bonds. The molecule has 0 aliphatic carbocycles. The summed E-state index contributed by atoms with van der Waals surface area (Å²) in [6.07, 6.45) is 0. The van der Waals surface area contributed by atoms with Gasteiger partial charge in [-0.2, -0.15) is 0 Å². The van der Waals surface area contributed by atoms with Gasteiger partial charge in [0.05, 0.1) is 7.11 Å². The Labute approximate surface area is 117 Å². The Morgan fingerprint density at radius 3 is 2.55 bits per heavy atom. The van der Waals surface area contributed by atoms with Gasteiger partial charge in [-0.15, -0.1) is 0 Å². The number of anilines is 1. The summed E-state index contributed by atoms with van der Waals surface area (Å²) in [4.78, 5) is 26.5. The topological polar surface area (TPSA) is 87.9 Å². The summed E-state index contributed by atoms with van der Waals surface area (Å²) in [5, 5.41) is 0. The first-order valence-electron chi connectivity index (χ1n) is 6.34. The molecule has 0 saturated carbocycles. The number of rotatable bonds is 2. The Balaban J connectivity index is 1.97. The van der Waals surface area contributed by atoms with Gasteiger partial charge in [0, 0.05) is 37.9 Å². The van der Waals surface area contributed by atoms with Crippen LogP contribution in [0.1, 0.15) is 0 Å². The lowest BCUT2D eigenvalue weighted by molar-refractivity contribution is -0.146. The highest BCUT2D eigenvalue weighted by Crippen LogP contribution is 2.22. The van der Waals surface area contributed by atoms with Crippen molar-refractivity contribution in [3.63, 3.8) is 0 Å². The molecule has 3 N–H and O–H groups in total. The molecule has 0 spiro atoms. The Kier molecular flexibility index (Phi) is 4.41. The van der Waals surface area contributed by atoms with Gasteiger partial charge in [-0.05, 0) is 12.1 Å². The van der Waals surface area contributed by atoms with Crippen LogP contribution in [0, 0.1) is 0 Å². The van der Waals surface area contributed by atoms with Crippen molar-refractivity contribution in [1.82, 2.24) is 10.3 Å². The highest BCUT2D eigenvalue weighted by atomic mass is 16.5. The molecular formula is C13H18N4O3. The van der Waals surface area contributed by atoms with Crippen molar-refractivity contribution in [2.45, 2.75) is 0 Å². The SMILES string of the molecule is COc1cccc(N2CCN(C(=O)C(=O)NN)CC2)c1. The number of hydrogen-bond donors (Lipinski definition) is 2. The Morgan fingerprint density at radius 1 is 1.25 bits per heavy atom. The van der Waals surface area contributed by atoms with E-state index in [-0.39, 0.29) is 0 Å². The summed E-state index contributed by atoms with van der Waals surface area (Å²) in [5.74, 6) is 4.39. The fourth-order valence-electron chi connectivity index (χ4n) is 2.18. The number of nitrogens with two attached hydrogens (primary N) is 1. The second-order valence-electron chi connectivity index (χ2n) is 4.45. The van der Waals surface area contributed by atoms with Crippen LogP contribution in [0.25, 0.3) is 0 Å². The lowest BCUT2D eigenvalue weighted by atomic mass is 10.2. The van der Waals surface area contributed by atoms with Crippen LogP contribution >= 0.6 is 0 Å². The molecular weight excluding hydrogens is 260 g/mol. The molecule has 0 radical (unpaired) electrons. The van der Waals surface area contributed by atoms with E-state index in [0.29, 0.717) is 26.2 Å². The predicted octanol–water partition coefficient (Wildman–Crippen LogP) is -0.666. The smallest absolute Gasteiger partial charge is 0.323 e. The summed E-state index contributed by atoms with van der Waals surface area (Å²) in [6, 6.07) is 7.75. The van der Waals surface area contributed by atoms with Gasteiger partial charge < -0.3 is 14.5 Å². The summed E-state index contributed by atoms with van der Waals surface area (Å²) in [6.45, 7) is 2.31. The molecule has 1 fully saturated rings. The van der Waals surface area contributed by atoms with E-state index in [2.05, 4.69) is 4.90 Å². The van der Waals surface area contributed by atoms with E-state index < -0.39 is 11.8 Å². The van der Waals surface area contributed by atoms with Gasteiger partial charge in [-0.1, -0.05) is 6.07 Å². The second-order valence-corrected chi connectivity index (χ2v) is 4.45. The van der Waals surface area contributed by atoms with Gasteiger partial charge in [0.2, 0.25) is 0 Å². The molecule has 1 aromatic rings. The first-order valence-corrected chi connectivity index (χ1v) is 6.34. The van der Waals surface area contributed by atoms with E-state index in [0.717, 1.165) is 11.4 Å². The van der Waals surface area contributed by atoms with Crippen LogP contribution in [0.2, 0.25) is 0 Å². The Hall–Kier alpha value is -2.28. The lowest BCUT2D eigenvalue weighted by Crippen LogP contribution is -2.53. The highest BCUT2D eigenvalue weighted by molar-refractivity contribution is 6.34. The monoisotopic (exact) mass is 278 g/mol. The molecule has 1 aromatic carbocycles. The standard InChI is InChI=1S/C13H18N4O3/c1-20-11-4-2-3-10(9-11)16-5-7-17(8-6-16)13(19)12(18)15-14/h2-4,9H,5-8,14H2,1H3,(H,15,18). The number of benzene rings is 1. The van der Waals surface area contributed by atoms with Crippen LogP contribution in [0.3, 0.4) is 0 Å². The largest absolute Gasteiger partial charge is 0.497 e. The molecule has 7 nitrogen and oxygen atoms in total. The minimum Gasteiger partial charge on any atom is -0.497 e. The second kappa shape index (κ2) is 6.25. The van der Waals surface area contributed by atoms with E-state index in [1.54, 1.807) is 7.11 Å². The molecule has 20 heavy (non-hydrogen) atoms. The molecule has 1 aliphatic heterocycles. The molecule has 108 valence electrons. The van der Waals surface area contributed by atoms with Crippen molar-refractivity contribution in [3.8, 4) is 5.75 Å². The van der Waals surface area contributed by atoms with Crippen molar-refractivity contribution in [1.29, 1.82) is 0 Å². The van der Waals surface area contributed by atoms with Crippen LogP contribution in [0.5, 0.6) is 5.75 Å². The fourth-order valence-corrected chi connectivity index (χ4v) is 2.18. The fraction of sp³-hybridized carbons (Fsp3) is 0.385. The van der Waals surface area contributed by atoms with Gasteiger partial charge in [-0.3, -0.25) is 15.0 Å². The van der Waals surface area contributed by atoms with Crippen molar-refractivity contribution in [2.75, 3.05) is 38.2 Å². The number of piperazine rings is 1. The third kappa shape index (κ3) is 3.00. The van der Waals surface area contributed by atoms with Crippen LogP contribution in [0.15, 0.2) is 24.3 Å². The van der Waals surface area contributed by atoms with E-state index in [4.69, 9.17) is 10.6 Å². The molecule has 1 aliphatic rings. The number of nitrogens with one attached hydrogen (secondary N) is 1. The zero-order valence-electron chi connectivity index (χ0n) is 11.3. The summed E-state index contributed by atoms with van der Waals surface area (Å²) in [5.41, 5.74) is 2.90. The quantitative estimate of drug-likeness (QED) is 0.324. The Bertz CT molecular complexity index is 498. The molecule has 1 saturated heterocycles. The zero-order valence-corrected chi connectivity index (χ0v) is 11.3. The van der Waals surface area contributed by atoms with Gasteiger partial charge in [0.25, 0.3) is 0 Å². The van der Waals surface area contributed by atoms with Crippen LogP contribution < -0.4 is 20.9 Å². The van der Waals surface area contributed by atoms with E-state index >= 15 is 0 Å². The number of hydrogen-bond acceptors (Lipinski definition) is 5. The molecule has 2 rings (SSSR count). The van der Waals surface area contributed by atoms with E-state index in [1.807, 2.05) is 29.7 Å². The summed E-state index contributed by atoms with van der Waals surface area (Å²) >= 11 is 0. The maximum absolute atomic E-state index is 11.7. The minimum absolute atomic E-state index is 0.490. The first kappa shape index (κ1) is 14.1. The number of methoxy groups -OCH3 is 1. The van der Waals surface area contributed by atoms with E-state index in [1.165, 1.54) is 4.90 Å². The third-order valence-corrected chi connectivity index (χ3v) is 3.31. The van der Waals surface area contributed by atoms with Gasteiger partial charge in [0.15, 0.2) is 0 Å². The van der Waals surface area contributed by atoms with Gasteiger partial charge in [-0.25, -0.2) is 5.84 Å². The van der Waals surface area contributed by atoms with Crippen LogP contribution in [0.4, 0.5) is 5.69 Å². The van der Waals surface area contributed by atoms with Crippen molar-refractivity contribution in [2.24, 2.45) is 5.84 Å². The third-order valence-electron chi connectivity index (χ3n) is 3.31. The molecule has 0 unspecified atom stereocenters. The predicted molar refractivity (Wildman–Crippen MR) is 74.1 cm³/mol. The number of carbonyl (C=O) groups excluding carboxylic acids is 2. The number of nitrogens with zero attached hydrogens (tertiary/aromatic N) is 2. The molecule has 1 heterocycles. The lowest BCUT2D eigenvalue weighted by Gasteiger charge is -2.35.